The molecule has 0 saturated carbocycles. The van der Waals surface area contributed by atoms with Gasteiger partial charge in [0.25, 0.3) is 0 Å². The highest BCUT2D eigenvalue weighted by atomic mass is 15.1. The van der Waals surface area contributed by atoms with E-state index in [0.717, 1.165) is 19.0 Å². The number of likely N-dealkylation sites (tertiary alicyclic amines) is 1. The zero-order chi connectivity index (χ0) is 14.4. The SMILES string of the molecule is CC(C)(C)NCC1CCCN(CCCn2ccnc2)C1. The topological polar surface area (TPSA) is 33.1 Å². The van der Waals surface area contributed by atoms with Gasteiger partial charge in [-0.15, -0.1) is 0 Å². The molecule has 1 N–H and O–H groups in total. The quantitative estimate of drug-likeness (QED) is 0.867. The molecule has 1 fully saturated rings. The van der Waals surface area contributed by atoms with Crippen molar-refractivity contribution in [1.82, 2.24) is 19.8 Å². The highest BCUT2D eigenvalue weighted by molar-refractivity contribution is 4.79. The summed E-state index contributed by atoms with van der Waals surface area (Å²) in [6.07, 6.45) is 9.76. The predicted molar refractivity (Wildman–Crippen MR) is 83.8 cm³/mol. The first-order valence-corrected chi connectivity index (χ1v) is 7.96. The van der Waals surface area contributed by atoms with E-state index in [2.05, 4.69) is 40.5 Å². The van der Waals surface area contributed by atoms with Crippen molar-refractivity contribution >= 4 is 0 Å². The summed E-state index contributed by atoms with van der Waals surface area (Å²) in [6, 6.07) is 0. The van der Waals surface area contributed by atoms with E-state index in [1.165, 1.54) is 38.9 Å². The molecule has 20 heavy (non-hydrogen) atoms. The molecule has 4 heteroatoms. The van der Waals surface area contributed by atoms with Gasteiger partial charge >= 0.3 is 0 Å². The van der Waals surface area contributed by atoms with E-state index >= 15 is 0 Å². The number of aryl methyl sites for hydroxylation is 1. The van der Waals surface area contributed by atoms with Crippen molar-refractivity contribution in [3.63, 3.8) is 0 Å². The van der Waals surface area contributed by atoms with E-state index in [1.807, 2.05) is 18.7 Å². The van der Waals surface area contributed by atoms with Crippen LogP contribution in [0.25, 0.3) is 0 Å². The fraction of sp³-hybridized carbons (Fsp3) is 0.812. The molecule has 114 valence electrons. The number of hydrogen-bond acceptors (Lipinski definition) is 3. The molecular formula is C16H30N4. The Morgan fingerprint density at radius 2 is 2.15 bits per heavy atom. The van der Waals surface area contributed by atoms with Crippen molar-refractivity contribution in [3.05, 3.63) is 18.7 Å². The van der Waals surface area contributed by atoms with E-state index in [0.29, 0.717) is 0 Å². The van der Waals surface area contributed by atoms with Gasteiger partial charge < -0.3 is 14.8 Å². The van der Waals surface area contributed by atoms with Crippen LogP contribution in [0.3, 0.4) is 0 Å². The number of imidazole rings is 1. The average molecular weight is 278 g/mol. The van der Waals surface area contributed by atoms with Crippen LogP contribution in [-0.2, 0) is 6.54 Å². The maximum atomic E-state index is 4.09. The Balaban J connectivity index is 1.65. The van der Waals surface area contributed by atoms with Crippen molar-refractivity contribution in [2.45, 2.75) is 52.1 Å². The van der Waals surface area contributed by atoms with Gasteiger partial charge in [-0.25, -0.2) is 4.98 Å². The molecule has 1 unspecified atom stereocenters. The Morgan fingerprint density at radius 3 is 2.85 bits per heavy atom. The van der Waals surface area contributed by atoms with Gasteiger partial charge in [0.15, 0.2) is 0 Å². The maximum absolute atomic E-state index is 4.09. The third-order valence-electron chi connectivity index (χ3n) is 3.97. The molecule has 1 aromatic heterocycles. The van der Waals surface area contributed by atoms with Crippen LogP contribution in [0.15, 0.2) is 18.7 Å². The molecule has 0 aliphatic carbocycles. The third kappa shape index (κ3) is 5.63. The Morgan fingerprint density at radius 1 is 1.30 bits per heavy atom. The summed E-state index contributed by atoms with van der Waals surface area (Å²) >= 11 is 0. The van der Waals surface area contributed by atoms with Gasteiger partial charge in [-0.1, -0.05) is 0 Å². The monoisotopic (exact) mass is 278 g/mol. The summed E-state index contributed by atoms with van der Waals surface area (Å²) < 4.78 is 2.17. The molecule has 0 bridgehead atoms. The van der Waals surface area contributed by atoms with Crippen LogP contribution in [0.2, 0.25) is 0 Å². The molecule has 0 aromatic carbocycles. The van der Waals surface area contributed by atoms with Gasteiger partial charge in [0.2, 0.25) is 0 Å². The summed E-state index contributed by atoms with van der Waals surface area (Å²) in [5.41, 5.74) is 0.240. The summed E-state index contributed by atoms with van der Waals surface area (Å²) in [6.45, 7) is 12.7. The number of piperidine rings is 1. The average Bonchev–Trinajstić information content (AvgIpc) is 2.89. The molecule has 1 atom stereocenters. The molecular weight excluding hydrogens is 248 g/mol. The molecule has 0 amide bonds. The molecule has 1 aliphatic heterocycles. The largest absolute Gasteiger partial charge is 0.337 e. The number of hydrogen-bond donors (Lipinski definition) is 1. The number of rotatable bonds is 6. The lowest BCUT2D eigenvalue weighted by Crippen LogP contribution is -2.44. The first kappa shape index (κ1) is 15.5. The Bertz CT molecular complexity index is 366. The van der Waals surface area contributed by atoms with E-state index < -0.39 is 0 Å². The highest BCUT2D eigenvalue weighted by Gasteiger charge is 2.21. The maximum Gasteiger partial charge on any atom is 0.0945 e. The minimum absolute atomic E-state index is 0.240. The van der Waals surface area contributed by atoms with Crippen LogP contribution in [-0.4, -0.2) is 46.2 Å². The molecule has 2 heterocycles. The summed E-state index contributed by atoms with van der Waals surface area (Å²) in [5, 5.41) is 3.65. The minimum atomic E-state index is 0.240. The van der Waals surface area contributed by atoms with Gasteiger partial charge in [-0.3, -0.25) is 0 Å². The van der Waals surface area contributed by atoms with E-state index in [-0.39, 0.29) is 5.54 Å². The van der Waals surface area contributed by atoms with Crippen molar-refractivity contribution in [2.24, 2.45) is 5.92 Å². The summed E-state index contributed by atoms with van der Waals surface area (Å²) in [5.74, 6) is 0.816. The van der Waals surface area contributed by atoms with E-state index in [4.69, 9.17) is 0 Å². The van der Waals surface area contributed by atoms with Gasteiger partial charge in [0, 0.05) is 31.0 Å². The van der Waals surface area contributed by atoms with Crippen LogP contribution in [0.5, 0.6) is 0 Å². The predicted octanol–water partition coefficient (Wildman–Crippen LogP) is 2.37. The van der Waals surface area contributed by atoms with Crippen molar-refractivity contribution in [1.29, 1.82) is 0 Å². The van der Waals surface area contributed by atoms with E-state index in [9.17, 15) is 0 Å². The minimum Gasteiger partial charge on any atom is -0.337 e. The van der Waals surface area contributed by atoms with Gasteiger partial charge in [0.05, 0.1) is 6.33 Å². The number of nitrogens with zero attached hydrogens (tertiary/aromatic N) is 3. The Kier molecular flexibility index (Phi) is 5.61. The zero-order valence-electron chi connectivity index (χ0n) is 13.3. The fourth-order valence-electron chi connectivity index (χ4n) is 2.87. The van der Waals surface area contributed by atoms with Gasteiger partial charge in [0.1, 0.15) is 0 Å². The zero-order valence-corrected chi connectivity index (χ0v) is 13.3. The second kappa shape index (κ2) is 7.23. The molecule has 1 saturated heterocycles. The van der Waals surface area contributed by atoms with E-state index in [1.54, 1.807) is 0 Å². The fourth-order valence-corrected chi connectivity index (χ4v) is 2.87. The van der Waals surface area contributed by atoms with Crippen molar-refractivity contribution in [3.8, 4) is 0 Å². The van der Waals surface area contributed by atoms with Crippen LogP contribution >= 0.6 is 0 Å². The molecule has 2 rings (SSSR count). The Labute approximate surface area is 123 Å². The second-order valence-corrected chi connectivity index (χ2v) is 7.09. The molecule has 0 radical (unpaired) electrons. The summed E-state index contributed by atoms with van der Waals surface area (Å²) in [7, 11) is 0. The lowest BCUT2D eigenvalue weighted by molar-refractivity contribution is 0.163. The standard InChI is InChI=1S/C16H30N4/c1-16(2,3)18-12-15-6-4-8-19(13-15)9-5-10-20-11-7-17-14-20/h7,11,14-15,18H,4-6,8-10,12-13H2,1-3H3. The molecule has 1 aromatic rings. The first-order chi connectivity index (χ1) is 9.53. The first-order valence-electron chi connectivity index (χ1n) is 7.96. The number of aromatic nitrogens is 2. The van der Waals surface area contributed by atoms with Gasteiger partial charge in [-0.2, -0.15) is 0 Å². The smallest absolute Gasteiger partial charge is 0.0945 e. The third-order valence-corrected chi connectivity index (χ3v) is 3.97. The lowest BCUT2D eigenvalue weighted by Gasteiger charge is -2.34. The van der Waals surface area contributed by atoms with Crippen LogP contribution in [0.4, 0.5) is 0 Å². The lowest BCUT2D eigenvalue weighted by atomic mass is 9.96. The van der Waals surface area contributed by atoms with Crippen molar-refractivity contribution in [2.75, 3.05) is 26.2 Å². The van der Waals surface area contributed by atoms with Crippen LogP contribution in [0.1, 0.15) is 40.0 Å². The van der Waals surface area contributed by atoms with Crippen LogP contribution < -0.4 is 5.32 Å². The number of nitrogens with one attached hydrogen (secondary N) is 1. The normalized spacial score (nSPS) is 21.2. The molecule has 4 nitrogen and oxygen atoms in total. The highest BCUT2D eigenvalue weighted by Crippen LogP contribution is 2.17. The van der Waals surface area contributed by atoms with Crippen LogP contribution in [0, 0.1) is 5.92 Å². The van der Waals surface area contributed by atoms with Gasteiger partial charge in [-0.05, 0) is 65.6 Å². The molecule has 1 aliphatic rings. The van der Waals surface area contributed by atoms with Crippen molar-refractivity contribution < 1.29 is 0 Å². The summed E-state index contributed by atoms with van der Waals surface area (Å²) in [4.78, 5) is 6.72. The second-order valence-electron chi connectivity index (χ2n) is 7.09. The Hall–Kier alpha value is -0.870. The molecule has 0 spiro atoms.